The molecule has 1 saturated carbocycles. The van der Waals surface area contributed by atoms with E-state index in [0.29, 0.717) is 12.5 Å². The van der Waals surface area contributed by atoms with E-state index in [1.165, 1.54) is 24.8 Å². The molecule has 3 heterocycles. The summed E-state index contributed by atoms with van der Waals surface area (Å²) >= 11 is 0. The van der Waals surface area contributed by atoms with Gasteiger partial charge in [-0.2, -0.15) is 5.10 Å². The molecule has 1 fully saturated rings. The van der Waals surface area contributed by atoms with Crippen molar-refractivity contribution in [3.05, 3.63) is 54.2 Å². The third kappa shape index (κ3) is 3.94. The maximum Gasteiger partial charge on any atom is 0.197 e. The first-order valence-electron chi connectivity index (χ1n) is 10.1. The summed E-state index contributed by atoms with van der Waals surface area (Å²) in [6.45, 7) is 0.691. The quantitative estimate of drug-likeness (QED) is 0.740. The Kier molecular flexibility index (Phi) is 5.43. The van der Waals surface area contributed by atoms with Gasteiger partial charge >= 0.3 is 0 Å². The number of hydrogen-bond acceptors (Lipinski definition) is 4. The van der Waals surface area contributed by atoms with Gasteiger partial charge in [-0.15, -0.1) is 0 Å². The van der Waals surface area contributed by atoms with Gasteiger partial charge in [0, 0.05) is 49.5 Å². The molecule has 148 valence electrons. The van der Waals surface area contributed by atoms with Crippen molar-refractivity contribution in [2.24, 2.45) is 23.7 Å². The van der Waals surface area contributed by atoms with E-state index in [4.69, 9.17) is 10.7 Å². The largest absolute Gasteiger partial charge is 0.334 e. The number of rotatable bonds is 5. The molecule has 1 aliphatic carbocycles. The maximum atomic E-state index is 7.05. The fourth-order valence-electron chi connectivity index (χ4n) is 4.25. The molecule has 28 heavy (non-hydrogen) atoms. The Morgan fingerprint density at radius 3 is 2.75 bits per heavy atom. The van der Waals surface area contributed by atoms with E-state index in [-0.39, 0.29) is 0 Å². The SMILES string of the molecule is Cn1cc(C2=CNC(=NCCc3ccncc3)NC2(N)C2CCCCC2)cn1. The second-order valence-corrected chi connectivity index (χ2v) is 7.77. The van der Waals surface area contributed by atoms with Crippen LogP contribution in [-0.4, -0.2) is 32.9 Å². The third-order valence-corrected chi connectivity index (χ3v) is 5.81. The lowest BCUT2D eigenvalue weighted by Gasteiger charge is -2.44. The number of aryl methyl sites for hydroxylation is 1. The summed E-state index contributed by atoms with van der Waals surface area (Å²) in [4.78, 5) is 8.79. The van der Waals surface area contributed by atoms with Crippen LogP contribution in [-0.2, 0) is 13.5 Å². The van der Waals surface area contributed by atoms with Crippen LogP contribution in [0, 0.1) is 5.92 Å². The molecule has 1 aliphatic heterocycles. The molecule has 0 amide bonds. The molecule has 2 aliphatic rings. The van der Waals surface area contributed by atoms with Crippen LogP contribution in [0.25, 0.3) is 5.57 Å². The topological polar surface area (TPSA) is 93.2 Å². The molecule has 0 aromatic carbocycles. The second-order valence-electron chi connectivity index (χ2n) is 7.77. The molecule has 0 spiro atoms. The number of pyridine rings is 1. The molecule has 0 saturated heterocycles. The summed E-state index contributed by atoms with van der Waals surface area (Å²) in [6.07, 6.45) is 16.4. The Morgan fingerprint density at radius 2 is 2.04 bits per heavy atom. The van der Waals surface area contributed by atoms with Gasteiger partial charge in [-0.3, -0.25) is 14.7 Å². The van der Waals surface area contributed by atoms with E-state index in [0.717, 1.165) is 36.4 Å². The van der Waals surface area contributed by atoms with E-state index in [2.05, 4.69) is 20.7 Å². The summed E-state index contributed by atoms with van der Waals surface area (Å²) < 4.78 is 1.82. The van der Waals surface area contributed by atoms with Gasteiger partial charge in [0.2, 0.25) is 0 Å². The first-order chi connectivity index (χ1) is 13.6. The summed E-state index contributed by atoms with van der Waals surface area (Å²) in [5.41, 5.74) is 9.75. The first kappa shape index (κ1) is 18.7. The molecule has 1 atom stereocenters. The van der Waals surface area contributed by atoms with E-state index < -0.39 is 5.66 Å². The van der Waals surface area contributed by atoms with Gasteiger partial charge in [0.15, 0.2) is 5.96 Å². The number of aliphatic imine (C=N–C) groups is 1. The van der Waals surface area contributed by atoms with Crippen molar-refractivity contribution in [3.8, 4) is 0 Å². The van der Waals surface area contributed by atoms with Crippen molar-refractivity contribution in [1.29, 1.82) is 0 Å². The minimum absolute atomic E-state index is 0.375. The predicted octanol–water partition coefficient (Wildman–Crippen LogP) is 2.18. The summed E-state index contributed by atoms with van der Waals surface area (Å²) in [6, 6.07) is 4.05. The van der Waals surface area contributed by atoms with Crippen LogP contribution in [0.5, 0.6) is 0 Å². The van der Waals surface area contributed by atoms with Crippen molar-refractivity contribution in [2.45, 2.75) is 44.2 Å². The third-order valence-electron chi connectivity index (χ3n) is 5.81. The van der Waals surface area contributed by atoms with Crippen molar-refractivity contribution < 1.29 is 0 Å². The highest BCUT2D eigenvalue weighted by molar-refractivity contribution is 5.90. The minimum Gasteiger partial charge on any atom is -0.334 e. The standard InChI is InChI=1S/C21H29N7/c1-28-15-17(13-26-28)19-14-25-20(24-12-9-16-7-10-23-11-8-16)27-21(19,22)18-5-3-2-4-6-18/h7-8,10-11,13-15,18H,2-6,9,12,22H2,1H3,(H2,24,25,27). The van der Waals surface area contributed by atoms with Crippen LogP contribution in [0.2, 0.25) is 0 Å². The van der Waals surface area contributed by atoms with E-state index in [1.807, 2.05) is 54.8 Å². The van der Waals surface area contributed by atoms with Gasteiger partial charge in [-0.1, -0.05) is 19.3 Å². The predicted molar refractivity (Wildman–Crippen MR) is 111 cm³/mol. The monoisotopic (exact) mass is 379 g/mol. The van der Waals surface area contributed by atoms with Crippen molar-refractivity contribution in [3.63, 3.8) is 0 Å². The number of aromatic nitrogens is 3. The van der Waals surface area contributed by atoms with Gasteiger partial charge in [0.25, 0.3) is 0 Å². The number of nitrogens with two attached hydrogens (primary N) is 1. The highest BCUT2D eigenvalue weighted by Crippen LogP contribution is 2.38. The van der Waals surface area contributed by atoms with Crippen molar-refractivity contribution in [1.82, 2.24) is 25.4 Å². The lowest BCUT2D eigenvalue weighted by Crippen LogP contribution is -2.66. The summed E-state index contributed by atoms with van der Waals surface area (Å²) in [5, 5.41) is 11.2. The van der Waals surface area contributed by atoms with E-state index >= 15 is 0 Å². The number of nitrogens with one attached hydrogen (secondary N) is 2. The molecule has 7 heteroatoms. The molecule has 4 rings (SSSR count). The fourth-order valence-corrected chi connectivity index (χ4v) is 4.25. The zero-order chi connectivity index (χ0) is 19.4. The van der Waals surface area contributed by atoms with Crippen LogP contribution >= 0.6 is 0 Å². The molecular formula is C21H29N7. The Balaban J connectivity index is 1.55. The highest BCUT2D eigenvalue weighted by Gasteiger charge is 2.42. The summed E-state index contributed by atoms with van der Waals surface area (Å²) in [5.74, 6) is 1.12. The molecule has 2 aromatic heterocycles. The Labute approximate surface area is 166 Å². The normalized spacial score (nSPS) is 24.5. The second kappa shape index (κ2) is 8.14. The highest BCUT2D eigenvalue weighted by atomic mass is 15.3. The molecule has 0 radical (unpaired) electrons. The van der Waals surface area contributed by atoms with Crippen LogP contribution in [0.3, 0.4) is 0 Å². The van der Waals surface area contributed by atoms with Crippen molar-refractivity contribution in [2.75, 3.05) is 6.54 Å². The number of guanidine groups is 1. The molecule has 4 N–H and O–H groups in total. The molecular weight excluding hydrogens is 350 g/mol. The van der Waals surface area contributed by atoms with Gasteiger partial charge in [0.1, 0.15) is 5.66 Å². The maximum absolute atomic E-state index is 7.05. The lowest BCUT2D eigenvalue weighted by atomic mass is 9.75. The molecule has 2 aromatic rings. The molecule has 7 nitrogen and oxygen atoms in total. The van der Waals surface area contributed by atoms with Crippen molar-refractivity contribution >= 4 is 11.5 Å². The van der Waals surface area contributed by atoms with Crippen LogP contribution in [0.1, 0.15) is 43.2 Å². The average molecular weight is 380 g/mol. The van der Waals surface area contributed by atoms with Gasteiger partial charge in [-0.25, -0.2) is 0 Å². The van der Waals surface area contributed by atoms with Crippen LogP contribution < -0.4 is 16.4 Å². The zero-order valence-electron chi connectivity index (χ0n) is 16.4. The fraction of sp³-hybridized carbons (Fsp3) is 0.476. The van der Waals surface area contributed by atoms with Gasteiger partial charge < -0.3 is 16.4 Å². The first-order valence-corrected chi connectivity index (χ1v) is 10.1. The Hall–Kier alpha value is -2.67. The lowest BCUT2D eigenvalue weighted by molar-refractivity contribution is 0.238. The number of nitrogens with zero attached hydrogens (tertiary/aromatic N) is 4. The van der Waals surface area contributed by atoms with E-state index in [9.17, 15) is 0 Å². The van der Waals surface area contributed by atoms with E-state index in [1.54, 1.807) is 0 Å². The Morgan fingerprint density at radius 1 is 1.25 bits per heavy atom. The smallest absolute Gasteiger partial charge is 0.197 e. The zero-order valence-corrected chi connectivity index (χ0v) is 16.4. The van der Waals surface area contributed by atoms with Gasteiger partial charge in [0.05, 0.1) is 6.20 Å². The van der Waals surface area contributed by atoms with Crippen LogP contribution in [0.4, 0.5) is 0 Å². The Bertz CT molecular complexity index is 849. The van der Waals surface area contributed by atoms with Gasteiger partial charge in [-0.05, 0) is 42.9 Å². The van der Waals surface area contributed by atoms with Crippen LogP contribution in [0.15, 0.2) is 48.1 Å². The number of hydrogen-bond donors (Lipinski definition) is 3. The average Bonchev–Trinajstić information content (AvgIpc) is 3.15. The molecule has 1 unspecified atom stereocenters. The minimum atomic E-state index is -0.635. The molecule has 0 bridgehead atoms. The summed E-state index contributed by atoms with van der Waals surface area (Å²) in [7, 11) is 1.93.